The number of benzene rings is 1. The molecule has 0 spiro atoms. The van der Waals surface area contributed by atoms with Gasteiger partial charge in [0.05, 0.1) is 0 Å². The molecule has 8 heteroatoms. The van der Waals surface area contributed by atoms with Crippen molar-refractivity contribution in [2.45, 2.75) is 18.5 Å². The van der Waals surface area contributed by atoms with Crippen molar-refractivity contribution in [2.75, 3.05) is 12.3 Å². The normalized spacial score (nSPS) is 12.3. The van der Waals surface area contributed by atoms with Gasteiger partial charge >= 0.3 is 12.1 Å². The first-order valence-corrected chi connectivity index (χ1v) is 5.22. The maximum Gasteiger partial charge on any atom is 0.463 e. The SMILES string of the molecule is Nc1ccc(CCNC(=O)C(F)(F)C(F)(F)F)cc1. The number of halogens is 5. The van der Waals surface area contributed by atoms with Gasteiger partial charge in [-0.3, -0.25) is 4.79 Å². The fourth-order valence-electron chi connectivity index (χ4n) is 1.24. The summed E-state index contributed by atoms with van der Waals surface area (Å²) in [5, 5.41) is 1.55. The molecular weight excluding hydrogens is 271 g/mol. The Labute approximate surface area is 105 Å². The van der Waals surface area contributed by atoms with Crippen LogP contribution in [0.3, 0.4) is 0 Å². The molecule has 0 unspecified atom stereocenters. The number of carbonyl (C=O) groups excluding carboxylic acids is 1. The third-order valence-corrected chi connectivity index (χ3v) is 2.32. The van der Waals surface area contributed by atoms with Gasteiger partial charge < -0.3 is 11.1 Å². The van der Waals surface area contributed by atoms with Crippen molar-refractivity contribution in [2.24, 2.45) is 0 Å². The number of amides is 1. The third kappa shape index (κ3) is 3.80. The van der Waals surface area contributed by atoms with Crippen LogP contribution in [0.5, 0.6) is 0 Å². The predicted octanol–water partition coefficient (Wildman–Crippen LogP) is 2.13. The molecule has 1 rings (SSSR count). The summed E-state index contributed by atoms with van der Waals surface area (Å²) in [5.41, 5.74) is 6.57. The van der Waals surface area contributed by atoms with E-state index in [1.54, 1.807) is 29.6 Å². The number of anilines is 1. The Bertz CT molecular complexity index is 441. The van der Waals surface area contributed by atoms with Gasteiger partial charge in [0.2, 0.25) is 0 Å². The summed E-state index contributed by atoms with van der Waals surface area (Å²) in [4.78, 5) is 10.8. The Morgan fingerprint density at radius 2 is 1.63 bits per heavy atom. The highest BCUT2D eigenvalue weighted by atomic mass is 19.4. The number of nitrogen functional groups attached to an aromatic ring is 1. The highest BCUT2D eigenvalue weighted by Crippen LogP contribution is 2.35. The Morgan fingerprint density at radius 3 is 2.11 bits per heavy atom. The minimum absolute atomic E-state index is 0.125. The summed E-state index contributed by atoms with van der Waals surface area (Å²) in [7, 11) is 0. The summed E-state index contributed by atoms with van der Waals surface area (Å²) < 4.78 is 60.7. The second-order valence-electron chi connectivity index (χ2n) is 3.82. The van der Waals surface area contributed by atoms with E-state index in [9.17, 15) is 26.7 Å². The van der Waals surface area contributed by atoms with E-state index in [1.165, 1.54) is 0 Å². The molecule has 3 nitrogen and oxygen atoms in total. The molecule has 0 saturated heterocycles. The summed E-state index contributed by atoms with van der Waals surface area (Å²) >= 11 is 0. The van der Waals surface area contributed by atoms with Gasteiger partial charge in [-0.15, -0.1) is 0 Å². The molecule has 1 aromatic rings. The third-order valence-electron chi connectivity index (χ3n) is 2.32. The highest BCUT2D eigenvalue weighted by molar-refractivity contribution is 5.84. The number of nitrogens with one attached hydrogen (secondary N) is 1. The quantitative estimate of drug-likeness (QED) is 0.656. The minimum Gasteiger partial charge on any atom is -0.399 e. The van der Waals surface area contributed by atoms with Crippen LogP contribution in [-0.4, -0.2) is 24.6 Å². The van der Waals surface area contributed by atoms with Gasteiger partial charge in [0.25, 0.3) is 5.91 Å². The predicted molar refractivity (Wildman–Crippen MR) is 58.6 cm³/mol. The lowest BCUT2D eigenvalue weighted by molar-refractivity contribution is -0.269. The summed E-state index contributed by atoms with van der Waals surface area (Å²) in [6.45, 7) is -0.325. The van der Waals surface area contributed by atoms with Gasteiger partial charge in [-0.05, 0) is 24.1 Å². The first-order chi connectivity index (χ1) is 8.64. The number of nitrogens with two attached hydrogens (primary N) is 1. The van der Waals surface area contributed by atoms with Gasteiger partial charge in [-0.2, -0.15) is 22.0 Å². The van der Waals surface area contributed by atoms with E-state index in [0.29, 0.717) is 11.3 Å². The molecule has 0 aliphatic carbocycles. The standard InChI is InChI=1S/C11H11F5N2O/c12-10(13,11(14,15)16)9(19)18-6-5-7-1-3-8(17)4-2-7/h1-4H,5-6,17H2,(H,18,19). The van der Waals surface area contributed by atoms with Gasteiger partial charge in [0, 0.05) is 12.2 Å². The van der Waals surface area contributed by atoms with Crippen molar-refractivity contribution in [3.05, 3.63) is 29.8 Å². The Balaban J connectivity index is 2.49. The van der Waals surface area contributed by atoms with E-state index >= 15 is 0 Å². The molecule has 0 atom stereocenters. The van der Waals surface area contributed by atoms with Crippen LogP contribution in [-0.2, 0) is 11.2 Å². The second kappa shape index (κ2) is 5.41. The lowest BCUT2D eigenvalue weighted by Crippen LogP contribution is -2.50. The average Bonchev–Trinajstić information content (AvgIpc) is 2.30. The highest BCUT2D eigenvalue weighted by Gasteiger charge is 2.63. The summed E-state index contributed by atoms with van der Waals surface area (Å²) in [6.07, 6.45) is -5.77. The van der Waals surface area contributed by atoms with Gasteiger partial charge in [-0.1, -0.05) is 12.1 Å². The number of rotatable bonds is 4. The molecule has 19 heavy (non-hydrogen) atoms. The smallest absolute Gasteiger partial charge is 0.399 e. The molecule has 1 aromatic carbocycles. The van der Waals surface area contributed by atoms with Gasteiger partial charge in [-0.25, -0.2) is 0 Å². The van der Waals surface area contributed by atoms with Crippen molar-refractivity contribution in [1.82, 2.24) is 5.32 Å². The second-order valence-corrected chi connectivity index (χ2v) is 3.82. The average molecular weight is 282 g/mol. The Kier molecular flexibility index (Phi) is 4.33. The van der Waals surface area contributed by atoms with E-state index in [-0.39, 0.29) is 13.0 Å². The molecule has 0 fully saturated rings. The molecule has 0 aliphatic rings. The number of carbonyl (C=O) groups is 1. The van der Waals surface area contributed by atoms with E-state index in [0.717, 1.165) is 0 Å². The van der Waals surface area contributed by atoms with Gasteiger partial charge in [0.15, 0.2) is 0 Å². The molecule has 1 amide bonds. The molecule has 0 aromatic heterocycles. The topological polar surface area (TPSA) is 55.1 Å². The van der Waals surface area contributed by atoms with Crippen LogP contribution >= 0.6 is 0 Å². The number of alkyl halides is 5. The Morgan fingerprint density at radius 1 is 1.11 bits per heavy atom. The fourth-order valence-corrected chi connectivity index (χ4v) is 1.24. The lowest BCUT2D eigenvalue weighted by atomic mass is 10.1. The van der Waals surface area contributed by atoms with Crippen molar-refractivity contribution in [3.63, 3.8) is 0 Å². The number of hydrogen-bond donors (Lipinski definition) is 2. The summed E-state index contributed by atoms with van der Waals surface area (Å²) in [6, 6.07) is 6.29. The van der Waals surface area contributed by atoms with Crippen molar-refractivity contribution < 1.29 is 26.7 Å². The molecule has 0 radical (unpaired) electrons. The van der Waals surface area contributed by atoms with E-state index in [4.69, 9.17) is 5.73 Å². The molecule has 106 valence electrons. The molecule has 0 bridgehead atoms. The lowest BCUT2D eigenvalue weighted by Gasteiger charge is -2.18. The molecular formula is C11H11F5N2O. The van der Waals surface area contributed by atoms with Crippen LogP contribution in [0.15, 0.2) is 24.3 Å². The van der Waals surface area contributed by atoms with Gasteiger partial charge in [0.1, 0.15) is 0 Å². The first-order valence-electron chi connectivity index (χ1n) is 5.22. The first kappa shape index (κ1) is 15.2. The van der Waals surface area contributed by atoms with E-state index in [2.05, 4.69) is 0 Å². The van der Waals surface area contributed by atoms with Crippen molar-refractivity contribution in [3.8, 4) is 0 Å². The molecule has 0 heterocycles. The molecule has 0 aliphatic heterocycles. The van der Waals surface area contributed by atoms with Crippen molar-refractivity contribution in [1.29, 1.82) is 0 Å². The zero-order valence-electron chi connectivity index (χ0n) is 9.60. The monoisotopic (exact) mass is 282 g/mol. The van der Waals surface area contributed by atoms with Crippen LogP contribution in [0.1, 0.15) is 5.56 Å². The summed E-state index contributed by atoms with van der Waals surface area (Å²) in [5.74, 6) is -7.73. The minimum atomic E-state index is -5.89. The fraction of sp³-hybridized carbons (Fsp3) is 0.364. The van der Waals surface area contributed by atoms with Crippen LogP contribution in [0.2, 0.25) is 0 Å². The van der Waals surface area contributed by atoms with Crippen LogP contribution in [0.25, 0.3) is 0 Å². The van der Waals surface area contributed by atoms with E-state index < -0.39 is 18.0 Å². The van der Waals surface area contributed by atoms with Crippen LogP contribution in [0, 0.1) is 0 Å². The van der Waals surface area contributed by atoms with Crippen LogP contribution < -0.4 is 11.1 Å². The zero-order valence-corrected chi connectivity index (χ0v) is 9.60. The van der Waals surface area contributed by atoms with Crippen LogP contribution in [0.4, 0.5) is 27.6 Å². The van der Waals surface area contributed by atoms with E-state index in [1.807, 2.05) is 0 Å². The molecule has 0 saturated carbocycles. The van der Waals surface area contributed by atoms with Crippen molar-refractivity contribution >= 4 is 11.6 Å². The number of hydrogen-bond acceptors (Lipinski definition) is 2. The molecule has 3 N–H and O–H groups in total. The maximum atomic E-state index is 12.5. The maximum absolute atomic E-state index is 12.5. The Hall–Kier alpha value is -1.86. The largest absolute Gasteiger partial charge is 0.463 e. The zero-order chi connectivity index (χ0) is 14.7.